The molecule has 10 heteroatoms. The molecule has 4 rings (SSSR count). The van der Waals surface area contributed by atoms with E-state index >= 15 is 0 Å². The van der Waals surface area contributed by atoms with Gasteiger partial charge in [-0.3, -0.25) is 14.5 Å². The van der Waals surface area contributed by atoms with Gasteiger partial charge >= 0.3 is 0 Å². The highest BCUT2D eigenvalue weighted by atomic mass is 35.5. The number of nitrogens with zero attached hydrogens (tertiary/aromatic N) is 4. The summed E-state index contributed by atoms with van der Waals surface area (Å²) in [7, 11) is 1.59. The van der Waals surface area contributed by atoms with Gasteiger partial charge in [0.05, 0.1) is 13.7 Å². The van der Waals surface area contributed by atoms with Crippen molar-refractivity contribution in [3.63, 3.8) is 0 Å². The van der Waals surface area contributed by atoms with E-state index in [0.717, 1.165) is 30.3 Å². The molecule has 8 nitrogen and oxygen atoms in total. The van der Waals surface area contributed by atoms with Crippen LogP contribution in [0.25, 0.3) is 0 Å². The lowest BCUT2D eigenvalue weighted by Crippen LogP contribution is -2.35. The van der Waals surface area contributed by atoms with E-state index < -0.39 is 0 Å². The van der Waals surface area contributed by atoms with Crippen molar-refractivity contribution in [2.45, 2.75) is 13.0 Å². The van der Waals surface area contributed by atoms with Gasteiger partial charge in [-0.2, -0.15) is 0 Å². The molecular formula is C23H24ClN5O3S. The molecule has 0 unspecified atom stereocenters. The number of amides is 2. The van der Waals surface area contributed by atoms with Gasteiger partial charge in [0.2, 0.25) is 5.01 Å². The van der Waals surface area contributed by atoms with Crippen LogP contribution >= 0.6 is 22.9 Å². The first-order valence-corrected chi connectivity index (χ1v) is 11.8. The van der Waals surface area contributed by atoms with Gasteiger partial charge in [-0.25, -0.2) is 0 Å². The minimum Gasteiger partial charge on any atom is -0.497 e. The maximum Gasteiger partial charge on any atom is 0.286 e. The molecule has 0 saturated carbocycles. The molecule has 33 heavy (non-hydrogen) atoms. The number of ether oxygens (including phenoxy) is 1. The van der Waals surface area contributed by atoms with Crippen LogP contribution in [0.1, 0.15) is 31.6 Å². The zero-order valence-corrected chi connectivity index (χ0v) is 19.7. The average molecular weight is 486 g/mol. The molecule has 0 spiro atoms. The molecular weight excluding hydrogens is 462 g/mol. The number of hydrogen-bond acceptors (Lipinski definition) is 7. The fraction of sp³-hybridized carbons (Fsp3) is 0.304. The molecule has 0 aliphatic carbocycles. The van der Waals surface area contributed by atoms with Crippen LogP contribution in [-0.4, -0.2) is 65.1 Å². The van der Waals surface area contributed by atoms with Gasteiger partial charge in [-0.15, -0.1) is 10.2 Å². The Kier molecular flexibility index (Phi) is 7.54. The maximum atomic E-state index is 12.8. The van der Waals surface area contributed by atoms with Crippen LogP contribution in [0.4, 0.5) is 5.69 Å². The minimum absolute atomic E-state index is 0.00671. The van der Waals surface area contributed by atoms with E-state index in [1.54, 1.807) is 55.6 Å². The van der Waals surface area contributed by atoms with E-state index in [0.29, 0.717) is 40.9 Å². The molecule has 1 saturated heterocycles. The second-order valence-electron chi connectivity index (χ2n) is 7.62. The van der Waals surface area contributed by atoms with E-state index in [2.05, 4.69) is 20.4 Å². The maximum absolute atomic E-state index is 12.8. The summed E-state index contributed by atoms with van der Waals surface area (Å²) in [6.45, 7) is 3.46. The Morgan fingerprint density at radius 2 is 1.91 bits per heavy atom. The summed E-state index contributed by atoms with van der Waals surface area (Å²) in [5, 5.41) is 12.7. The lowest BCUT2D eigenvalue weighted by Gasteiger charge is -2.21. The Hall–Kier alpha value is -3.01. The summed E-state index contributed by atoms with van der Waals surface area (Å²) in [6, 6.07) is 14.1. The van der Waals surface area contributed by atoms with Crippen molar-refractivity contribution in [3.8, 4) is 5.75 Å². The molecule has 2 amide bonds. The molecule has 1 aliphatic rings. The highest BCUT2D eigenvalue weighted by Gasteiger charge is 2.22. The highest BCUT2D eigenvalue weighted by molar-refractivity contribution is 7.13. The molecule has 0 bridgehead atoms. The first kappa shape index (κ1) is 23.2. The quantitative estimate of drug-likeness (QED) is 0.571. The number of methoxy groups -OCH3 is 1. The molecule has 1 fully saturated rings. The number of rotatable bonds is 6. The van der Waals surface area contributed by atoms with Crippen molar-refractivity contribution >= 4 is 40.4 Å². The van der Waals surface area contributed by atoms with Gasteiger partial charge in [0.1, 0.15) is 10.8 Å². The Balaban J connectivity index is 1.31. The smallest absolute Gasteiger partial charge is 0.286 e. The molecule has 172 valence electrons. The summed E-state index contributed by atoms with van der Waals surface area (Å²) in [6.07, 6.45) is 0.857. The molecule has 1 aromatic heterocycles. The Bertz CT molecular complexity index is 1120. The Morgan fingerprint density at radius 1 is 1.09 bits per heavy atom. The predicted molar refractivity (Wildman–Crippen MR) is 128 cm³/mol. The van der Waals surface area contributed by atoms with E-state index in [1.807, 2.05) is 4.90 Å². The van der Waals surface area contributed by atoms with Gasteiger partial charge in [0.25, 0.3) is 11.8 Å². The molecule has 0 radical (unpaired) electrons. The van der Waals surface area contributed by atoms with Gasteiger partial charge in [0, 0.05) is 42.5 Å². The van der Waals surface area contributed by atoms with Gasteiger partial charge < -0.3 is 15.0 Å². The number of anilines is 1. The summed E-state index contributed by atoms with van der Waals surface area (Å²) >= 11 is 7.31. The zero-order chi connectivity index (χ0) is 23.2. The number of halogens is 1. The third-order valence-corrected chi connectivity index (χ3v) is 6.46. The van der Waals surface area contributed by atoms with Crippen LogP contribution in [0.15, 0.2) is 48.5 Å². The second-order valence-corrected chi connectivity index (χ2v) is 9.11. The van der Waals surface area contributed by atoms with Crippen molar-refractivity contribution in [2.75, 3.05) is 38.6 Å². The van der Waals surface area contributed by atoms with Crippen LogP contribution in [0, 0.1) is 0 Å². The lowest BCUT2D eigenvalue weighted by molar-refractivity contribution is 0.0761. The monoisotopic (exact) mass is 485 g/mol. The molecule has 2 heterocycles. The summed E-state index contributed by atoms with van der Waals surface area (Å²) in [5.74, 6) is 0.419. The van der Waals surface area contributed by atoms with E-state index in [-0.39, 0.29) is 11.8 Å². The third-order valence-electron chi connectivity index (χ3n) is 5.32. The van der Waals surface area contributed by atoms with Crippen molar-refractivity contribution in [3.05, 3.63) is 69.1 Å². The fourth-order valence-corrected chi connectivity index (χ4v) is 4.56. The summed E-state index contributed by atoms with van der Waals surface area (Å²) in [4.78, 5) is 29.4. The Labute approximate surface area is 201 Å². The number of nitrogens with one attached hydrogen (secondary N) is 1. The summed E-state index contributed by atoms with van der Waals surface area (Å²) < 4.78 is 5.13. The van der Waals surface area contributed by atoms with Crippen molar-refractivity contribution in [1.29, 1.82) is 0 Å². The topological polar surface area (TPSA) is 87.7 Å². The zero-order valence-electron chi connectivity index (χ0n) is 18.2. The van der Waals surface area contributed by atoms with E-state index in [1.165, 1.54) is 11.3 Å². The number of carbonyl (C=O) groups is 2. The summed E-state index contributed by atoms with van der Waals surface area (Å²) in [5.41, 5.74) is 1.27. The fourth-order valence-electron chi connectivity index (χ4n) is 3.60. The standard InChI is InChI=1S/C23H24ClN5O3S/c1-32-19-8-6-18(7-9-19)25-21(30)22-27-26-20(33-22)15-28-10-3-11-29(13-12-28)23(31)16-4-2-5-17(24)14-16/h2,4-9,14H,3,10-13,15H2,1H3,(H,25,30). The van der Waals surface area contributed by atoms with Crippen molar-refractivity contribution in [1.82, 2.24) is 20.0 Å². The molecule has 1 N–H and O–H groups in total. The van der Waals surface area contributed by atoms with Crippen LogP contribution < -0.4 is 10.1 Å². The molecule has 3 aromatic rings. The third kappa shape index (κ3) is 6.07. The van der Waals surface area contributed by atoms with Crippen LogP contribution in [0.3, 0.4) is 0 Å². The van der Waals surface area contributed by atoms with Crippen LogP contribution in [0.5, 0.6) is 5.75 Å². The molecule has 2 aromatic carbocycles. The average Bonchev–Trinajstić information content (AvgIpc) is 3.17. The Morgan fingerprint density at radius 3 is 2.67 bits per heavy atom. The predicted octanol–water partition coefficient (Wildman–Crippen LogP) is 3.80. The number of benzene rings is 2. The lowest BCUT2D eigenvalue weighted by atomic mass is 10.2. The minimum atomic E-state index is -0.293. The van der Waals surface area contributed by atoms with E-state index in [4.69, 9.17) is 16.3 Å². The van der Waals surface area contributed by atoms with Gasteiger partial charge in [-0.1, -0.05) is 29.0 Å². The molecule has 0 atom stereocenters. The SMILES string of the molecule is COc1ccc(NC(=O)c2nnc(CN3CCCN(C(=O)c4cccc(Cl)c4)CC3)s2)cc1. The first-order valence-electron chi connectivity index (χ1n) is 10.6. The van der Waals surface area contributed by atoms with Crippen molar-refractivity contribution in [2.24, 2.45) is 0 Å². The van der Waals surface area contributed by atoms with Crippen LogP contribution in [-0.2, 0) is 6.54 Å². The van der Waals surface area contributed by atoms with E-state index in [9.17, 15) is 9.59 Å². The number of carbonyl (C=O) groups excluding carboxylic acids is 2. The number of aromatic nitrogens is 2. The largest absolute Gasteiger partial charge is 0.497 e. The normalized spacial score (nSPS) is 14.5. The molecule has 1 aliphatic heterocycles. The van der Waals surface area contributed by atoms with Gasteiger partial charge in [0.15, 0.2) is 0 Å². The first-order chi connectivity index (χ1) is 16.0. The van der Waals surface area contributed by atoms with Crippen LogP contribution in [0.2, 0.25) is 5.02 Å². The number of hydrogen-bond donors (Lipinski definition) is 1. The second kappa shape index (κ2) is 10.7. The van der Waals surface area contributed by atoms with Gasteiger partial charge in [-0.05, 0) is 48.9 Å². The van der Waals surface area contributed by atoms with Crippen molar-refractivity contribution < 1.29 is 14.3 Å². The highest BCUT2D eigenvalue weighted by Crippen LogP contribution is 2.19.